The number of nitrogens with one attached hydrogen (secondary N) is 2. The standard InChI is InChI=1S/C53H90N2O7/c1-3-5-7-9-11-13-15-17-18-19-20-21-22-23-24-26-28-30-32-37-41-45-52(59)62-48(42-38-34-31-29-27-25-16-14-12-10-8-6-4-2)43-39-35-33-36-40-44-50(57)54-46-51(58)55-49(47-56)53(60)61/h5,7,11,13,17-18,20-21,23-24,29,31,48-49,56H,3-4,6,8-10,12,14-16,19,22,25-28,30,32-47H2,1-2H3,(H,54,57)(H,55,58)(H,60,61)/b7-5-,13-11-,18-17-,21-20-,24-23-,31-29-. The van der Waals surface area contributed by atoms with Crippen LogP contribution >= 0.6 is 0 Å². The van der Waals surface area contributed by atoms with Crippen molar-refractivity contribution in [2.75, 3.05) is 13.2 Å². The Morgan fingerprint density at radius 1 is 0.500 bits per heavy atom. The van der Waals surface area contributed by atoms with Crippen molar-refractivity contribution in [3.05, 3.63) is 72.9 Å². The largest absolute Gasteiger partial charge is 0.480 e. The van der Waals surface area contributed by atoms with E-state index in [1.54, 1.807) is 0 Å². The third kappa shape index (κ3) is 42.9. The van der Waals surface area contributed by atoms with Crippen LogP contribution in [0.5, 0.6) is 0 Å². The lowest BCUT2D eigenvalue weighted by atomic mass is 10.0. The van der Waals surface area contributed by atoms with E-state index < -0.39 is 24.5 Å². The van der Waals surface area contributed by atoms with Crippen molar-refractivity contribution < 1.29 is 34.1 Å². The lowest BCUT2D eigenvalue weighted by Gasteiger charge is -2.18. The molecule has 4 N–H and O–H groups in total. The highest BCUT2D eigenvalue weighted by atomic mass is 16.5. The number of aliphatic hydroxyl groups is 1. The molecule has 0 aliphatic carbocycles. The number of hydrogen-bond donors (Lipinski definition) is 4. The number of ether oxygens (including phenoxy) is 1. The zero-order valence-electron chi connectivity index (χ0n) is 39.4. The zero-order valence-corrected chi connectivity index (χ0v) is 39.4. The summed E-state index contributed by atoms with van der Waals surface area (Å²) < 4.78 is 6.03. The van der Waals surface area contributed by atoms with Gasteiger partial charge in [-0.2, -0.15) is 0 Å². The van der Waals surface area contributed by atoms with Crippen molar-refractivity contribution >= 4 is 23.8 Å². The van der Waals surface area contributed by atoms with Gasteiger partial charge in [0.15, 0.2) is 0 Å². The van der Waals surface area contributed by atoms with Gasteiger partial charge < -0.3 is 25.6 Å². The molecule has 2 unspecified atom stereocenters. The number of hydrogen-bond acceptors (Lipinski definition) is 6. The van der Waals surface area contributed by atoms with E-state index in [2.05, 4.69) is 97.4 Å². The maximum atomic E-state index is 12.9. The first-order chi connectivity index (χ1) is 30.3. The molecule has 0 bridgehead atoms. The molecule has 0 aromatic heterocycles. The number of carbonyl (C=O) groups is 4. The van der Waals surface area contributed by atoms with Gasteiger partial charge in [0.05, 0.1) is 13.2 Å². The van der Waals surface area contributed by atoms with Gasteiger partial charge in [-0.3, -0.25) is 14.4 Å². The van der Waals surface area contributed by atoms with Crippen LogP contribution in [0.2, 0.25) is 0 Å². The molecule has 0 radical (unpaired) electrons. The summed E-state index contributed by atoms with van der Waals surface area (Å²) >= 11 is 0. The van der Waals surface area contributed by atoms with E-state index in [1.807, 2.05) is 0 Å². The van der Waals surface area contributed by atoms with Crippen LogP contribution in [0.4, 0.5) is 0 Å². The van der Waals surface area contributed by atoms with Crippen LogP contribution in [0.15, 0.2) is 72.9 Å². The van der Waals surface area contributed by atoms with E-state index in [-0.39, 0.29) is 30.9 Å². The molecular weight excluding hydrogens is 777 g/mol. The fourth-order valence-electron chi connectivity index (χ4n) is 6.92. The van der Waals surface area contributed by atoms with Gasteiger partial charge in [-0.1, -0.05) is 170 Å². The van der Waals surface area contributed by atoms with E-state index in [0.29, 0.717) is 12.8 Å². The van der Waals surface area contributed by atoms with Gasteiger partial charge in [-0.05, 0) is 103 Å². The Morgan fingerprint density at radius 3 is 1.47 bits per heavy atom. The van der Waals surface area contributed by atoms with E-state index in [1.165, 1.54) is 64.2 Å². The molecule has 0 heterocycles. The summed E-state index contributed by atoms with van der Waals surface area (Å²) in [5, 5.41) is 22.6. The highest BCUT2D eigenvalue weighted by Gasteiger charge is 2.19. The average molecular weight is 867 g/mol. The van der Waals surface area contributed by atoms with Gasteiger partial charge in [-0.25, -0.2) is 4.79 Å². The summed E-state index contributed by atoms with van der Waals surface area (Å²) in [4.78, 5) is 47.7. The van der Waals surface area contributed by atoms with Crippen molar-refractivity contribution in [1.82, 2.24) is 10.6 Å². The Kier molecular flexibility index (Phi) is 44.0. The first kappa shape index (κ1) is 58.3. The predicted octanol–water partition coefficient (Wildman–Crippen LogP) is 13.0. The summed E-state index contributed by atoms with van der Waals surface area (Å²) in [6.45, 7) is 3.37. The van der Waals surface area contributed by atoms with E-state index in [4.69, 9.17) is 14.9 Å². The quantitative estimate of drug-likeness (QED) is 0.0271. The normalized spacial score (nSPS) is 13.1. The summed E-state index contributed by atoms with van der Waals surface area (Å²) in [6, 6.07) is -1.39. The van der Waals surface area contributed by atoms with Gasteiger partial charge in [0.2, 0.25) is 11.8 Å². The van der Waals surface area contributed by atoms with Gasteiger partial charge in [0.1, 0.15) is 12.1 Å². The Morgan fingerprint density at radius 2 is 0.935 bits per heavy atom. The van der Waals surface area contributed by atoms with E-state index in [0.717, 1.165) is 116 Å². The Labute approximate surface area is 378 Å². The summed E-state index contributed by atoms with van der Waals surface area (Å²) in [7, 11) is 0. The number of aliphatic hydroxyl groups excluding tert-OH is 1. The number of esters is 1. The molecule has 0 aliphatic heterocycles. The molecule has 0 saturated carbocycles. The second kappa shape index (κ2) is 46.8. The lowest BCUT2D eigenvalue weighted by molar-refractivity contribution is -0.150. The van der Waals surface area contributed by atoms with Crippen LogP contribution in [0.3, 0.4) is 0 Å². The summed E-state index contributed by atoms with van der Waals surface area (Å²) in [6.07, 6.45) is 59.3. The molecule has 0 aromatic rings. The number of unbranched alkanes of at least 4 members (excludes halogenated alkanes) is 18. The number of carboxylic acid groups (broad SMARTS) is 1. The number of carboxylic acids is 1. The number of amides is 2. The smallest absolute Gasteiger partial charge is 0.328 e. The molecular formula is C53H90N2O7. The number of rotatable bonds is 44. The van der Waals surface area contributed by atoms with Crippen molar-refractivity contribution in [2.24, 2.45) is 0 Å². The lowest BCUT2D eigenvalue weighted by Crippen LogP contribution is -2.47. The van der Waals surface area contributed by atoms with E-state index in [9.17, 15) is 19.2 Å². The first-order valence-corrected chi connectivity index (χ1v) is 24.8. The van der Waals surface area contributed by atoms with Crippen molar-refractivity contribution in [3.8, 4) is 0 Å². The molecule has 0 aliphatic rings. The molecule has 0 spiro atoms. The second-order valence-corrected chi connectivity index (χ2v) is 16.5. The van der Waals surface area contributed by atoms with Crippen LogP contribution in [-0.4, -0.2) is 59.3 Å². The van der Waals surface area contributed by atoms with Gasteiger partial charge >= 0.3 is 11.9 Å². The summed E-state index contributed by atoms with van der Waals surface area (Å²) in [5.41, 5.74) is 0. The van der Waals surface area contributed by atoms with Crippen molar-refractivity contribution in [3.63, 3.8) is 0 Å². The highest BCUT2D eigenvalue weighted by Crippen LogP contribution is 2.18. The first-order valence-electron chi connectivity index (χ1n) is 24.8. The maximum absolute atomic E-state index is 12.9. The molecule has 2 amide bonds. The zero-order chi connectivity index (χ0) is 45.4. The monoisotopic (exact) mass is 867 g/mol. The number of aliphatic carboxylic acids is 1. The fourth-order valence-corrected chi connectivity index (χ4v) is 6.92. The third-order valence-electron chi connectivity index (χ3n) is 10.7. The Balaban J connectivity index is 4.37. The van der Waals surface area contributed by atoms with Crippen molar-refractivity contribution in [1.29, 1.82) is 0 Å². The van der Waals surface area contributed by atoms with Crippen LogP contribution in [0.1, 0.15) is 213 Å². The molecule has 0 fully saturated rings. The van der Waals surface area contributed by atoms with Crippen molar-refractivity contribution in [2.45, 2.75) is 225 Å². The molecule has 62 heavy (non-hydrogen) atoms. The van der Waals surface area contributed by atoms with Crippen LogP contribution in [0.25, 0.3) is 0 Å². The minimum Gasteiger partial charge on any atom is -0.480 e. The minimum atomic E-state index is -1.39. The van der Waals surface area contributed by atoms with Crippen LogP contribution < -0.4 is 10.6 Å². The van der Waals surface area contributed by atoms with E-state index >= 15 is 0 Å². The molecule has 0 aromatic carbocycles. The second-order valence-electron chi connectivity index (χ2n) is 16.5. The number of allylic oxidation sites excluding steroid dienone is 12. The van der Waals surface area contributed by atoms with Gasteiger partial charge in [0, 0.05) is 12.8 Å². The molecule has 9 heteroatoms. The van der Waals surface area contributed by atoms with Crippen LogP contribution in [0, 0.1) is 0 Å². The molecule has 0 saturated heterocycles. The fraction of sp³-hybridized carbons (Fsp3) is 0.698. The molecule has 0 rings (SSSR count). The average Bonchev–Trinajstić information content (AvgIpc) is 3.26. The SMILES string of the molecule is CC/C=C\C/C=C\C/C=C\C/C=C\C/C=C\CCCCCCCC(=O)OC(CCC/C=C\CCCCCCCCCC)CCCCCCCC(=O)NCC(=O)NC(CO)C(=O)O. The predicted molar refractivity (Wildman–Crippen MR) is 259 cm³/mol. The van der Waals surface area contributed by atoms with Gasteiger partial charge in [0.25, 0.3) is 0 Å². The Bertz CT molecular complexity index is 1270. The van der Waals surface area contributed by atoms with Crippen LogP contribution in [-0.2, 0) is 23.9 Å². The molecule has 354 valence electrons. The summed E-state index contributed by atoms with van der Waals surface area (Å²) in [5.74, 6) is -2.34. The molecule has 2 atom stereocenters. The number of carbonyl (C=O) groups excluding carboxylic acids is 3. The molecule has 9 nitrogen and oxygen atoms in total. The Hall–Kier alpha value is -3.72. The third-order valence-corrected chi connectivity index (χ3v) is 10.7. The topological polar surface area (TPSA) is 142 Å². The minimum absolute atomic E-state index is 0.0597. The maximum Gasteiger partial charge on any atom is 0.328 e. The highest BCUT2D eigenvalue weighted by molar-refractivity contribution is 5.87. The van der Waals surface area contributed by atoms with Gasteiger partial charge in [-0.15, -0.1) is 0 Å².